The van der Waals surface area contributed by atoms with Crippen LogP contribution in [0.5, 0.6) is 0 Å². The van der Waals surface area contributed by atoms with Crippen molar-refractivity contribution in [2.45, 2.75) is 38.9 Å². The van der Waals surface area contributed by atoms with Gasteiger partial charge in [-0.1, -0.05) is 31.2 Å². The zero-order chi connectivity index (χ0) is 18.2. The number of nitrogens with one attached hydrogen (secondary N) is 2. The summed E-state index contributed by atoms with van der Waals surface area (Å²) < 4.78 is 1.83. The smallest absolute Gasteiger partial charge is 0.191 e. The molecule has 3 rings (SSSR count). The Kier molecular flexibility index (Phi) is 6.60. The highest BCUT2D eigenvalue weighted by molar-refractivity contribution is 5.79. The molecule has 1 atom stereocenters. The van der Waals surface area contributed by atoms with Gasteiger partial charge in [0.1, 0.15) is 12.7 Å². The number of hydrogen-bond donors (Lipinski definition) is 2. The third kappa shape index (κ3) is 5.05. The molecule has 1 saturated heterocycles. The molecule has 0 amide bonds. The monoisotopic (exact) mass is 355 g/mol. The minimum atomic E-state index is 0.615. The van der Waals surface area contributed by atoms with Crippen LogP contribution in [0.2, 0.25) is 0 Å². The van der Waals surface area contributed by atoms with Crippen LogP contribution in [0.15, 0.2) is 41.9 Å². The van der Waals surface area contributed by atoms with E-state index in [1.165, 1.54) is 30.5 Å². The van der Waals surface area contributed by atoms with E-state index in [0.717, 1.165) is 32.1 Å². The number of aliphatic imine (C=N–C) groups is 1. The van der Waals surface area contributed by atoms with Crippen molar-refractivity contribution in [3.05, 3.63) is 48.0 Å². The summed E-state index contributed by atoms with van der Waals surface area (Å²) in [4.78, 5) is 10.9. The van der Waals surface area contributed by atoms with E-state index in [1.807, 2.05) is 11.7 Å². The van der Waals surface area contributed by atoms with Gasteiger partial charge in [-0.15, -0.1) is 0 Å². The number of likely N-dealkylation sites (N-methyl/N-ethyl adjacent to an activating group) is 1. The van der Waals surface area contributed by atoms with Gasteiger partial charge in [0.15, 0.2) is 5.96 Å². The molecule has 0 spiro atoms. The summed E-state index contributed by atoms with van der Waals surface area (Å²) in [5.41, 5.74) is 2.43. The Labute approximate surface area is 155 Å². The lowest BCUT2D eigenvalue weighted by molar-refractivity contribution is 0.267. The van der Waals surface area contributed by atoms with Crippen LogP contribution >= 0.6 is 0 Å². The van der Waals surface area contributed by atoms with E-state index >= 15 is 0 Å². The number of hydrogen-bond acceptors (Lipinski definition) is 4. The van der Waals surface area contributed by atoms with Crippen molar-refractivity contribution in [2.75, 3.05) is 26.7 Å². The van der Waals surface area contributed by atoms with Crippen LogP contribution in [0.3, 0.4) is 0 Å². The van der Waals surface area contributed by atoms with Gasteiger partial charge in [-0.25, -0.2) is 9.67 Å². The van der Waals surface area contributed by atoms with Gasteiger partial charge in [0, 0.05) is 26.2 Å². The largest absolute Gasteiger partial charge is 0.355 e. The number of benzene rings is 1. The highest BCUT2D eigenvalue weighted by Gasteiger charge is 2.22. The highest BCUT2D eigenvalue weighted by atomic mass is 15.3. The molecule has 0 radical (unpaired) electrons. The first-order chi connectivity index (χ1) is 12.8. The highest BCUT2D eigenvalue weighted by Crippen LogP contribution is 2.15. The lowest BCUT2D eigenvalue weighted by atomic mass is 10.1. The third-order valence-electron chi connectivity index (χ3n) is 4.90. The van der Waals surface area contributed by atoms with Crippen LogP contribution < -0.4 is 10.6 Å². The Balaban J connectivity index is 1.49. The summed E-state index contributed by atoms with van der Waals surface area (Å²) in [7, 11) is 1.82. The van der Waals surface area contributed by atoms with Gasteiger partial charge in [-0.2, -0.15) is 5.10 Å². The minimum Gasteiger partial charge on any atom is -0.355 e. The van der Waals surface area contributed by atoms with Gasteiger partial charge >= 0.3 is 0 Å². The predicted molar refractivity (Wildman–Crippen MR) is 104 cm³/mol. The molecule has 1 aliphatic heterocycles. The molecule has 0 saturated carbocycles. The van der Waals surface area contributed by atoms with Crippen LogP contribution in [-0.2, 0) is 13.1 Å². The van der Waals surface area contributed by atoms with Crippen LogP contribution in [0.4, 0.5) is 0 Å². The molecule has 1 aliphatic rings. The lowest BCUT2D eigenvalue weighted by Crippen LogP contribution is -2.44. The fourth-order valence-electron chi connectivity index (χ4n) is 3.50. The number of nitrogens with zero attached hydrogens (tertiary/aromatic N) is 5. The fourth-order valence-corrected chi connectivity index (χ4v) is 3.50. The number of rotatable bonds is 7. The average molecular weight is 355 g/mol. The Bertz CT molecular complexity index is 696. The standard InChI is InChI=1S/C19H29N7/c1-3-25-9-5-8-18(25)12-23-19(20-2)22-11-16-6-4-7-17(10-16)13-26-15-21-14-24-26/h4,6-7,10,14-15,18H,3,5,8-9,11-13H2,1-2H3,(H2,20,22,23). The van der Waals surface area contributed by atoms with Gasteiger partial charge in [0.25, 0.3) is 0 Å². The summed E-state index contributed by atoms with van der Waals surface area (Å²) >= 11 is 0. The molecular weight excluding hydrogens is 326 g/mol. The molecule has 140 valence electrons. The van der Waals surface area contributed by atoms with Gasteiger partial charge in [-0.3, -0.25) is 9.89 Å². The van der Waals surface area contributed by atoms with Crippen molar-refractivity contribution in [1.82, 2.24) is 30.3 Å². The van der Waals surface area contributed by atoms with Gasteiger partial charge in [-0.05, 0) is 37.1 Å². The molecule has 26 heavy (non-hydrogen) atoms. The average Bonchev–Trinajstić information content (AvgIpc) is 3.33. The second-order valence-electron chi connectivity index (χ2n) is 6.64. The molecule has 1 aromatic carbocycles. The van der Waals surface area contributed by atoms with Gasteiger partial charge in [0.2, 0.25) is 0 Å². The molecule has 1 aromatic heterocycles. The molecule has 2 heterocycles. The SMILES string of the molecule is CCN1CCCC1CNC(=NC)NCc1cccc(Cn2cncn2)c1. The molecule has 7 heteroatoms. The number of aromatic nitrogens is 3. The Morgan fingerprint density at radius 3 is 2.96 bits per heavy atom. The summed E-state index contributed by atoms with van der Waals surface area (Å²) in [5.74, 6) is 0.856. The first-order valence-electron chi connectivity index (χ1n) is 9.37. The van der Waals surface area contributed by atoms with E-state index in [4.69, 9.17) is 0 Å². The Hall–Kier alpha value is -2.41. The molecule has 7 nitrogen and oxygen atoms in total. The van der Waals surface area contributed by atoms with Crippen LogP contribution in [-0.4, -0.2) is 58.3 Å². The van der Waals surface area contributed by atoms with E-state index in [1.54, 1.807) is 12.7 Å². The van der Waals surface area contributed by atoms with E-state index in [2.05, 4.69) is 61.8 Å². The molecule has 0 aliphatic carbocycles. The van der Waals surface area contributed by atoms with Crippen molar-refractivity contribution in [2.24, 2.45) is 4.99 Å². The molecular formula is C19H29N7. The topological polar surface area (TPSA) is 70.4 Å². The third-order valence-corrected chi connectivity index (χ3v) is 4.90. The molecule has 2 aromatic rings. The van der Waals surface area contributed by atoms with Crippen molar-refractivity contribution in [1.29, 1.82) is 0 Å². The second kappa shape index (κ2) is 9.33. The van der Waals surface area contributed by atoms with Crippen LogP contribution in [0.25, 0.3) is 0 Å². The summed E-state index contributed by atoms with van der Waals surface area (Å²) in [6.45, 7) is 6.99. The minimum absolute atomic E-state index is 0.615. The Morgan fingerprint density at radius 2 is 2.19 bits per heavy atom. The molecule has 1 fully saturated rings. The maximum atomic E-state index is 4.35. The Morgan fingerprint density at radius 1 is 1.31 bits per heavy atom. The summed E-state index contributed by atoms with van der Waals surface area (Å²) in [6, 6.07) is 9.12. The zero-order valence-corrected chi connectivity index (χ0v) is 15.7. The van der Waals surface area contributed by atoms with Gasteiger partial charge < -0.3 is 10.6 Å². The normalized spacial score (nSPS) is 18.2. The maximum Gasteiger partial charge on any atom is 0.191 e. The first-order valence-corrected chi connectivity index (χ1v) is 9.37. The quantitative estimate of drug-likeness (QED) is 0.581. The van der Waals surface area contributed by atoms with E-state index in [-0.39, 0.29) is 0 Å². The second-order valence-corrected chi connectivity index (χ2v) is 6.64. The van der Waals surface area contributed by atoms with E-state index < -0.39 is 0 Å². The molecule has 0 bridgehead atoms. The molecule has 1 unspecified atom stereocenters. The predicted octanol–water partition coefficient (Wildman–Crippen LogP) is 1.48. The fraction of sp³-hybridized carbons (Fsp3) is 0.526. The van der Waals surface area contributed by atoms with Crippen molar-refractivity contribution >= 4 is 5.96 Å². The van der Waals surface area contributed by atoms with Crippen molar-refractivity contribution in [3.8, 4) is 0 Å². The first kappa shape index (κ1) is 18.4. The summed E-state index contributed by atoms with van der Waals surface area (Å²) in [6.07, 6.45) is 5.86. The number of guanidine groups is 1. The van der Waals surface area contributed by atoms with Crippen LogP contribution in [0, 0.1) is 0 Å². The van der Waals surface area contributed by atoms with Crippen molar-refractivity contribution in [3.63, 3.8) is 0 Å². The van der Waals surface area contributed by atoms with E-state index in [0.29, 0.717) is 6.04 Å². The van der Waals surface area contributed by atoms with Gasteiger partial charge in [0.05, 0.1) is 6.54 Å². The zero-order valence-electron chi connectivity index (χ0n) is 15.7. The maximum absolute atomic E-state index is 4.35. The lowest BCUT2D eigenvalue weighted by Gasteiger charge is -2.24. The molecule has 2 N–H and O–H groups in total. The van der Waals surface area contributed by atoms with Crippen LogP contribution in [0.1, 0.15) is 30.9 Å². The summed E-state index contributed by atoms with van der Waals surface area (Å²) in [5, 5.41) is 11.0. The number of likely N-dealkylation sites (tertiary alicyclic amines) is 1. The van der Waals surface area contributed by atoms with Crippen molar-refractivity contribution < 1.29 is 0 Å². The van der Waals surface area contributed by atoms with E-state index in [9.17, 15) is 0 Å².